The van der Waals surface area contributed by atoms with Crippen LogP contribution in [0.3, 0.4) is 0 Å². The third-order valence-corrected chi connectivity index (χ3v) is 5.78. The van der Waals surface area contributed by atoms with E-state index in [2.05, 4.69) is 114 Å². The van der Waals surface area contributed by atoms with Crippen LogP contribution in [0.4, 0.5) is 0 Å². The summed E-state index contributed by atoms with van der Waals surface area (Å²) in [6.45, 7) is 13.7. The maximum absolute atomic E-state index is 3.63. The van der Waals surface area contributed by atoms with Crippen LogP contribution in [0.5, 0.6) is 0 Å². The van der Waals surface area contributed by atoms with Crippen molar-refractivity contribution in [3.8, 4) is 11.1 Å². The van der Waals surface area contributed by atoms with Gasteiger partial charge in [-0.15, -0.1) is 46.7 Å². The molecule has 0 N–H and O–H groups in total. The van der Waals surface area contributed by atoms with Gasteiger partial charge < -0.3 is 24.8 Å². The Morgan fingerprint density at radius 3 is 1.97 bits per heavy atom. The first kappa shape index (κ1) is 33.2. The zero-order valence-corrected chi connectivity index (χ0v) is 26.5. The molecule has 3 aromatic rings. The summed E-state index contributed by atoms with van der Waals surface area (Å²) in [5.74, 6) is 0.634. The Morgan fingerprint density at radius 1 is 0.853 bits per heavy atom. The first-order valence-electron chi connectivity index (χ1n) is 12.0. The molecule has 3 aromatic carbocycles. The van der Waals surface area contributed by atoms with Gasteiger partial charge in [0.15, 0.2) is 0 Å². The third kappa shape index (κ3) is 9.34. The van der Waals surface area contributed by atoms with Crippen molar-refractivity contribution in [2.45, 2.75) is 66.5 Å². The first-order chi connectivity index (χ1) is 15.5. The molecule has 0 bridgehead atoms. The predicted molar refractivity (Wildman–Crippen MR) is 141 cm³/mol. The molecule has 4 heteroatoms. The zero-order valence-electron chi connectivity index (χ0n) is 21.5. The molecule has 34 heavy (non-hydrogen) atoms. The summed E-state index contributed by atoms with van der Waals surface area (Å²) in [6, 6.07) is 23.4. The molecular weight excluding hydrogens is 551 g/mol. The van der Waals surface area contributed by atoms with Gasteiger partial charge >= 0.3 is 41.9 Å². The summed E-state index contributed by atoms with van der Waals surface area (Å²) in [7, 11) is 0. The van der Waals surface area contributed by atoms with Gasteiger partial charge in [-0.05, 0) is 0 Å². The van der Waals surface area contributed by atoms with E-state index < -0.39 is 0 Å². The smallest absolute Gasteiger partial charge is 0.0623 e. The van der Waals surface area contributed by atoms with Gasteiger partial charge in [0, 0.05) is 0 Å². The Bertz CT molecular complexity index is 1060. The zero-order chi connectivity index (χ0) is 23.5. The van der Waals surface area contributed by atoms with Crippen LogP contribution in [0.1, 0.15) is 53.4 Å². The van der Waals surface area contributed by atoms with E-state index in [4.69, 9.17) is 0 Å². The van der Waals surface area contributed by atoms with Crippen molar-refractivity contribution in [3.05, 3.63) is 89.5 Å². The molecule has 4 rings (SSSR count). The van der Waals surface area contributed by atoms with E-state index >= 15 is 0 Å². The van der Waals surface area contributed by atoms with Crippen molar-refractivity contribution in [3.63, 3.8) is 0 Å². The summed E-state index contributed by atoms with van der Waals surface area (Å²) in [5, 5.41) is 2.65. The fourth-order valence-corrected chi connectivity index (χ4v) is 4.37. The van der Waals surface area contributed by atoms with E-state index in [-0.39, 0.29) is 30.2 Å². The van der Waals surface area contributed by atoms with E-state index in [0.29, 0.717) is 5.92 Å². The maximum atomic E-state index is 3.63. The van der Waals surface area contributed by atoms with Gasteiger partial charge in [0.05, 0.1) is 0 Å². The molecule has 1 unspecified atom stereocenters. The van der Waals surface area contributed by atoms with Crippen molar-refractivity contribution < 1.29 is 48.1 Å². The topological polar surface area (TPSA) is 0 Å². The molecule has 0 fully saturated rings. The van der Waals surface area contributed by atoms with Crippen LogP contribution in [0.2, 0.25) is 13.1 Å². The SMILES string of the molecule is CCC1=[C-]C(CC)C(CC)=C1CC.C[Si](C)=[Zr+2].[Cl-].[Cl-].c1ccc(-c2c[cH-]c3ccccc23)cc1. The molecule has 0 spiro atoms. The number of benzene rings is 2. The molecule has 0 saturated heterocycles. The van der Waals surface area contributed by atoms with Crippen molar-refractivity contribution in [2.75, 3.05) is 0 Å². The minimum Gasteiger partial charge on any atom is -1.00 e. The summed E-state index contributed by atoms with van der Waals surface area (Å²) >= 11 is 1.74. The second-order valence-electron chi connectivity index (χ2n) is 8.35. The second-order valence-corrected chi connectivity index (χ2v) is 17.7. The minimum absolute atomic E-state index is 0. The molecule has 1 aliphatic carbocycles. The van der Waals surface area contributed by atoms with Gasteiger partial charge in [0.1, 0.15) is 0 Å². The van der Waals surface area contributed by atoms with Gasteiger partial charge in [-0.25, -0.2) is 5.57 Å². The summed E-state index contributed by atoms with van der Waals surface area (Å²) in [6.07, 6.45) is 8.41. The molecule has 0 radical (unpaired) electrons. The van der Waals surface area contributed by atoms with Gasteiger partial charge in [0.25, 0.3) is 0 Å². The van der Waals surface area contributed by atoms with Crippen LogP contribution in [0, 0.1) is 12.0 Å². The van der Waals surface area contributed by atoms with Crippen LogP contribution in [0.25, 0.3) is 21.9 Å². The molecule has 1 atom stereocenters. The Morgan fingerprint density at radius 2 is 1.44 bits per heavy atom. The second kappa shape index (κ2) is 17.6. The summed E-state index contributed by atoms with van der Waals surface area (Å²) < 4.78 is 0. The van der Waals surface area contributed by atoms with Gasteiger partial charge in [-0.1, -0.05) is 101 Å². The fourth-order valence-electron chi connectivity index (χ4n) is 4.37. The minimum atomic E-state index is 0. The van der Waals surface area contributed by atoms with Crippen molar-refractivity contribution in [1.29, 1.82) is 0 Å². The number of rotatable bonds is 5. The van der Waals surface area contributed by atoms with Gasteiger partial charge in [-0.2, -0.15) is 11.1 Å². The molecule has 0 saturated carbocycles. The van der Waals surface area contributed by atoms with E-state index in [0.717, 1.165) is 6.42 Å². The van der Waals surface area contributed by atoms with Gasteiger partial charge in [0.2, 0.25) is 0 Å². The molecule has 1 aliphatic rings. The Hall–Kier alpha value is -0.790. The average Bonchev–Trinajstić information content (AvgIpc) is 3.40. The van der Waals surface area contributed by atoms with Crippen LogP contribution < -0.4 is 24.8 Å². The quantitative estimate of drug-likeness (QED) is 0.317. The molecule has 0 nitrogen and oxygen atoms in total. The molecule has 182 valence electrons. The number of fused-ring (bicyclic) bond motifs is 1. The maximum Gasteiger partial charge on any atom is -0.0623 e. The van der Waals surface area contributed by atoms with Crippen LogP contribution >= 0.6 is 0 Å². The van der Waals surface area contributed by atoms with Crippen LogP contribution in [-0.4, -0.2) is 5.43 Å². The average molecular weight is 589 g/mol. The molecule has 0 aromatic heterocycles. The Kier molecular flexibility index (Phi) is 17.2. The van der Waals surface area contributed by atoms with Crippen molar-refractivity contribution >= 4 is 16.2 Å². The number of hydrogen-bond acceptors (Lipinski definition) is 0. The predicted octanol–water partition coefficient (Wildman–Crippen LogP) is 3.30. The van der Waals surface area contributed by atoms with Crippen molar-refractivity contribution in [2.24, 2.45) is 5.92 Å². The number of hydrogen-bond donors (Lipinski definition) is 0. The van der Waals surface area contributed by atoms with Crippen LogP contribution in [0.15, 0.2) is 83.4 Å². The number of halogens is 2. The van der Waals surface area contributed by atoms with Crippen LogP contribution in [-0.2, 0) is 23.3 Å². The Balaban J connectivity index is 0.000000533. The molecule has 0 amide bonds. The molecule has 0 heterocycles. The van der Waals surface area contributed by atoms with Crippen molar-refractivity contribution in [1.82, 2.24) is 0 Å². The number of allylic oxidation sites excluding steroid dienone is 4. The van der Waals surface area contributed by atoms with E-state index in [9.17, 15) is 0 Å². The van der Waals surface area contributed by atoms with E-state index in [1.165, 1.54) is 46.7 Å². The fraction of sp³-hybridized carbons (Fsp3) is 0.367. The monoisotopic (exact) mass is 586 g/mol. The third-order valence-electron chi connectivity index (χ3n) is 5.78. The standard InChI is InChI=1S/C15H11.C13H21.C2H6Si.2ClH.Zr/c1-2-6-12(7-3-1)15-11-10-13-8-4-5-9-14(13)15;1-5-10-9-11(6-2)13(8-4)12(10)7-3;1-3-2;;;/h1-11H;10H,5-8H2,1-4H3;1-2H3;2*1H;/q2*-1;;;;+2/p-2. The Labute approximate surface area is 235 Å². The summed E-state index contributed by atoms with van der Waals surface area (Å²) in [4.78, 5) is 0. The summed E-state index contributed by atoms with van der Waals surface area (Å²) in [5.41, 5.74) is 7.58. The normalized spacial score (nSPS) is 14.1. The molecular formula is C30H38Cl2SiZr-2. The van der Waals surface area contributed by atoms with E-state index in [1.807, 2.05) is 0 Å². The first-order valence-corrected chi connectivity index (χ1v) is 18.2. The largest absolute Gasteiger partial charge is 1.00 e. The molecule has 0 aliphatic heterocycles. The van der Waals surface area contributed by atoms with Gasteiger partial charge in [-0.3, -0.25) is 6.08 Å². The van der Waals surface area contributed by atoms with E-state index in [1.54, 1.807) is 34.5 Å².